The number of aliphatic carboxylic acids is 1. The molecule has 0 spiro atoms. The summed E-state index contributed by atoms with van der Waals surface area (Å²) in [5.74, 6) is -1.26. The molecule has 2 aromatic carbocycles. The van der Waals surface area contributed by atoms with Gasteiger partial charge in [-0.05, 0) is 56.9 Å². The van der Waals surface area contributed by atoms with E-state index in [1.54, 1.807) is 21.6 Å². The average Bonchev–Trinajstić information content (AvgIpc) is 3.64. The highest BCUT2D eigenvalue weighted by molar-refractivity contribution is 5.98. The molecule has 232 valence electrons. The van der Waals surface area contributed by atoms with Crippen LogP contribution in [0.25, 0.3) is 0 Å². The molecule has 1 aromatic heterocycles. The number of benzene rings is 2. The second-order valence-corrected chi connectivity index (χ2v) is 12.2. The Morgan fingerprint density at radius 1 is 1.07 bits per heavy atom. The standard InChI is InChI=1S/C33H39N5O6/c1-20(2)38-17-22(34-35-38)19-44-29-13-12-28(43-3)26-14-15-37(32(40)24-10-6-7-11-25(24)33(41)42)27(30(26)29)18-36-16-21-8-4-5-9-23(21)31(36)39/h4-5,8-9,12-13,17,20,24-25,27H,6-7,10-11,14-16,18-19H2,1-3H3,(H,41,42)/t24-,25+,27-/m1/s1. The lowest BCUT2D eigenvalue weighted by Crippen LogP contribution is -2.50. The van der Waals surface area contributed by atoms with Gasteiger partial charge in [-0.15, -0.1) is 5.10 Å². The summed E-state index contributed by atoms with van der Waals surface area (Å²) in [5, 5.41) is 18.4. The van der Waals surface area contributed by atoms with Gasteiger partial charge in [0.05, 0.1) is 31.2 Å². The Labute approximate surface area is 256 Å². The zero-order valence-electron chi connectivity index (χ0n) is 25.4. The van der Waals surface area contributed by atoms with E-state index in [-0.39, 0.29) is 31.0 Å². The maximum absolute atomic E-state index is 14.3. The summed E-state index contributed by atoms with van der Waals surface area (Å²) in [4.78, 5) is 43.7. The Balaban J connectivity index is 1.38. The normalized spacial score (nSPS) is 21.3. The highest BCUT2D eigenvalue weighted by Gasteiger charge is 2.44. The van der Waals surface area contributed by atoms with Crippen LogP contribution in [0.15, 0.2) is 42.6 Å². The first-order chi connectivity index (χ1) is 21.3. The molecule has 1 saturated carbocycles. The van der Waals surface area contributed by atoms with Gasteiger partial charge in [-0.3, -0.25) is 14.4 Å². The number of fused-ring (bicyclic) bond motifs is 2. The van der Waals surface area contributed by atoms with Gasteiger partial charge in [-0.1, -0.05) is 36.3 Å². The molecule has 6 rings (SSSR count). The summed E-state index contributed by atoms with van der Waals surface area (Å²) in [6, 6.07) is 10.9. The van der Waals surface area contributed by atoms with Crippen LogP contribution in [-0.4, -0.2) is 67.9 Å². The summed E-state index contributed by atoms with van der Waals surface area (Å²) in [6.45, 7) is 5.27. The molecule has 11 nitrogen and oxygen atoms in total. The van der Waals surface area contributed by atoms with Crippen LogP contribution in [0.2, 0.25) is 0 Å². The molecule has 3 heterocycles. The van der Waals surface area contributed by atoms with E-state index >= 15 is 0 Å². The van der Waals surface area contributed by atoms with Gasteiger partial charge >= 0.3 is 5.97 Å². The Morgan fingerprint density at radius 3 is 2.52 bits per heavy atom. The minimum atomic E-state index is -0.928. The first-order valence-electron chi connectivity index (χ1n) is 15.4. The number of ether oxygens (including phenoxy) is 2. The van der Waals surface area contributed by atoms with Crippen LogP contribution < -0.4 is 9.47 Å². The maximum atomic E-state index is 14.3. The molecular weight excluding hydrogens is 562 g/mol. The molecule has 0 radical (unpaired) electrons. The molecule has 1 fully saturated rings. The fourth-order valence-corrected chi connectivity index (χ4v) is 6.95. The average molecular weight is 602 g/mol. The molecule has 3 atom stereocenters. The number of rotatable bonds is 9. The van der Waals surface area contributed by atoms with Gasteiger partial charge in [0.2, 0.25) is 5.91 Å². The number of hydrogen-bond donors (Lipinski definition) is 1. The van der Waals surface area contributed by atoms with E-state index in [0.29, 0.717) is 55.1 Å². The number of carbonyl (C=O) groups excluding carboxylic acids is 2. The molecule has 44 heavy (non-hydrogen) atoms. The number of carbonyl (C=O) groups is 3. The lowest BCUT2D eigenvalue weighted by atomic mass is 9.77. The molecule has 2 aliphatic heterocycles. The third-order valence-corrected chi connectivity index (χ3v) is 9.24. The minimum absolute atomic E-state index is 0.0862. The quantitative estimate of drug-likeness (QED) is 0.382. The summed E-state index contributed by atoms with van der Waals surface area (Å²) in [5.41, 5.74) is 3.98. The Kier molecular flexibility index (Phi) is 8.29. The molecular formula is C33H39N5O6. The van der Waals surface area contributed by atoms with Gasteiger partial charge in [0.1, 0.15) is 23.8 Å². The van der Waals surface area contributed by atoms with Crippen molar-refractivity contribution < 1.29 is 29.0 Å². The predicted molar refractivity (Wildman–Crippen MR) is 160 cm³/mol. The molecule has 2 amide bonds. The van der Waals surface area contributed by atoms with Crippen molar-refractivity contribution in [2.75, 3.05) is 20.2 Å². The predicted octanol–water partition coefficient (Wildman–Crippen LogP) is 4.42. The monoisotopic (exact) mass is 601 g/mol. The van der Waals surface area contributed by atoms with Crippen LogP contribution in [0.3, 0.4) is 0 Å². The van der Waals surface area contributed by atoms with Crippen molar-refractivity contribution in [3.05, 3.63) is 70.5 Å². The second-order valence-electron chi connectivity index (χ2n) is 12.2. The highest BCUT2D eigenvalue weighted by Crippen LogP contribution is 2.44. The molecule has 11 heteroatoms. The van der Waals surface area contributed by atoms with Gasteiger partial charge in [0.25, 0.3) is 5.91 Å². The minimum Gasteiger partial charge on any atom is -0.496 e. The van der Waals surface area contributed by atoms with E-state index in [1.165, 1.54) is 0 Å². The third kappa shape index (κ3) is 5.51. The SMILES string of the molecule is COc1ccc(OCc2cn(C(C)C)nn2)c2c1CCN(C(=O)[C@@H]1CCCC[C@@H]1C(=O)O)[C@@H]2CN1Cc2ccccc2C1=O. The molecule has 0 unspecified atom stereocenters. The van der Waals surface area contributed by atoms with Crippen LogP contribution >= 0.6 is 0 Å². The van der Waals surface area contributed by atoms with Crippen molar-refractivity contribution in [1.82, 2.24) is 24.8 Å². The second kappa shape index (κ2) is 12.3. The number of carboxylic acids is 1. The van der Waals surface area contributed by atoms with Crippen molar-refractivity contribution in [2.45, 2.75) is 71.2 Å². The molecule has 0 bridgehead atoms. The van der Waals surface area contributed by atoms with Crippen LogP contribution in [0, 0.1) is 11.8 Å². The number of nitrogens with zero attached hydrogens (tertiary/aromatic N) is 5. The van der Waals surface area contributed by atoms with Crippen LogP contribution in [0.4, 0.5) is 0 Å². The first-order valence-corrected chi connectivity index (χ1v) is 15.4. The number of hydrogen-bond acceptors (Lipinski definition) is 7. The van der Waals surface area contributed by atoms with Gasteiger partial charge in [0, 0.05) is 42.4 Å². The van der Waals surface area contributed by atoms with Crippen molar-refractivity contribution in [2.24, 2.45) is 11.8 Å². The van der Waals surface area contributed by atoms with E-state index < -0.39 is 23.8 Å². The topological polar surface area (TPSA) is 127 Å². The molecule has 3 aromatic rings. The fourth-order valence-electron chi connectivity index (χ4n) is 6.95. The van der Waals surface area contributed by atoms with Gasteiger partial charge in [0.15, 0.2) is 0 Å². The molecule has 0 saturated heterocycles. The molecule has 1 aliphatic carbocycles. The Bertz CT molecular complexity index is 1570. The first kappa shape index (κ1) is 29.7. The zero-order valence-corrected chi connectivity index (χ0v) is 25.4. The Morgan fingerprint density at radius 2 is 1.82 bits per heavy atom. The summed E-state index contributed by atoms with van der Waals surface area (Å²) in [7, 11) is 1.62. The lowest BCUT2D eigenvalue weighted by molar-refractivity contribution is -0.153. The summed E-state index contributed by atoms with van der Waals surface area (Å²) in [6.07, 6.45) is 4.99. The van der Waals surface area contributed by atoms with Crippen molar-refractivity contribution in [3.8, 4) is 11.5 Å². The van der Waals surface area contributed by atoms with Gasteiger partial charge in [-0.2, -0.15) is 0 Å². The number of methoxy groups -OCH3 is 1. The van der Waals surface area contributed by atoms with E-state index in [1.807, 2.05) is 56.4 Å². The van der Waals surface area contributed by atoms with Crippen molar-refractivity contribution in [3.63, 3.8) is 0 Å². The highest BCUT2D eigenvalue weighted by atomic mass is 16.5. The number of amides is 2. The van der Waals surface area contributed by atoms with Crippen LogP contribution in [0.1, 0.15) is 84.4 Å². The van der Waals surface area contributed by atoms with E-state index in [0.717, 1.165) is 29.5 Å². The van der Waals surface area contributed by atoms with Gasteiger partial charge in [-0.25, -0.2) is 4.68 Å². The van der Waals surface area contributed by atoms with Crippen molar-refractivity contribution >= 4 is 17.8 Å². The number of aromatic nitrogens is 3. The lowest BCUT2D eigenvalue weighted by Gasteiger charge is -2.43. The molecule has 3 aliphatic rings. The smallest absolute Gasteiger partial charge is 0.307 e. The summed E-state index contributed by atoms with van der Waals surface area (Å²) < 4.78 is 13.9. The van der Waals surface area contributed by atoms with Gasteiger partial charge < -0.3 is 24.4 Å². The summed E-state index contributed by atoms with van der Waals surface area (Å²) >= 11 is 0. The Hall–Kier alpha value is -4.41. The van der Waals surface area contributed by atoms with Crippen LogP contribution in [-0.2, 0) is 29.2 Å². The van der Waals surface area contributed by atoms with E-state index in [9.17, 15) is 19.5 Å². The zero-order chi connectivity index (χ0) is 31.0. The van der Waals surface area contributed by atoms with Crippen LogP contribution in [0.5, 0.6) is 11.5 Å². The number of carboxylic acid groups (broad SMARTS) is 1. The maximum Gasteiger partial charge on any atom is 0.307 e. The third-order valence-electron chi connectivity index (χ3n) is 9.24. The van der Waals surface area contributed by atoms with E-state index in [4.69, 9.17) is 9.47 Å². The largest absolute Gasteiger partial charge is 0.496 e. The molecule has 1 N–H and O–H groups in total. The fraction of sp³-hybridized carbons (Fsp3) is 0.485. The van der Waals surface area contributed by atoms with Crippen molar-refractivity contribution in [1.29, 1.82) is 0 Å². The van der Waals surface area contributed by atoms with E-state index in [2.05, 4.69) is 10.3 Å².